The van der Waals surface area contributed by atoms with Crippen molar-refractivity contribution in [1.82, 2.24) is 4.98 Å². The van der Waals surface area contributed by atoms with Gasteiger partial charge in [0.25, 0.3) is 0 Å². The van der Waals surface area contributed by atoms with Gasteiger partial charge in [0.15, 0.2) is 9.84 Å². The monoisotopic (exact) mass is 270 g/mol. The van der Waals surface area contributed by atoms with Crippen LogP contribution in [0.15, 0.2) is 12.3 Å². The Balaban J connectivity index is 2.21. The van der Waals surface area contributed by atoms with Crippen LogP contribution < -0.4 is 4.90 Å². The quantitative estimate of drug-likeness (QED) is 0.847. The number of hydrogen-bond donors (Lipinski definition) is 1. The summed E-state index contributed by atoms with van der Waals surface area (Å²) < 4.78 is 23.1. The number of nitrogens with zero attached hydrogens (tertiary/aromatic N) is 2. The van der Waals surface area contributed by atoms with Crippen molar-refractivity contribution < 1.29 is 13.5 Å². The second-order valence-electron chi connectivity index (χ2n) is 4.63. The molecule has 1 fully saturated rings. The third-order valence-corrected chi connectivity index (χ3v) is 4.86. The number of aliphatic hydroxyl groups excluding tert-OH is 1. The van der Waals surface area contributed by atoms with E-state index in [0.29, 0.717) is 19.5 Å². The van der Waals surface area contributed by atoms with Crippen LogP contribution in [0.1, 0.15) is 17.5 Å². The standard InChI is InChI=1S/C12H18N2O3S/c1-10-7-11(9-15)8-13-12(10)14-3-2-5-18(16,17)6-4-14/h7-8,15H,2-6,9H2,1H3. The highest BCUT2D eigenvalue weighted by molar-refractivity contribution is 7.91. The Kier molecular flexibility index (Phi) is 3.87. The number of pyridine rings is 1. The molecule has 6 heteroatoms. The van der Waals surface area contributed by atoms with Crippen molar-refractivity contribution in [1.29, 1.82) is 0 Å². The first-order valence-corrected chi connectivity index (χ1v) is 7.86. The smallest absolute Gasteiger partial charge is 0.152 e. The van der Waals surface area contributed by atoms with Gasteiger partial charge in [-0.05, 0) is 30.5 Å². The van der Waals surface area contributed by atoms with Gasteiger partial charge in [0.05, 0.1) is 18.1 Å². The van der Waals surface area contributed by atoms with E-state index in [9.17, 15) is 8.42 Å². The summed E-state index contributed by atoms with van der Waals surface area (Å²) in [5.74, 6) is 1.27. The van der Waals surface area contributed by atoms with E-state index in [0.717, 1.165) is 16.9 Å². The molecule has 0 amide bonds. The van der Waals surface area contributed by atoms with E-state index in [1.807, 2.05) is 17.9 Å². The number of aromatic nitrogens is 1. The number of hydrogen-bond acceptors (Lipinski definition) is 5. The zero-order valence-corrected chi connectivity index (χ0v) is 11.3. The van der Waals surface area contributed by atoms with Crippen molar-refractivity contribution >= 4 is 15.7 Å². The molecule has 2 rings (SSSR count). The van der Waals surface area contributed by atoms with E-state index in [1.165, 1.54) is 0 Å². The molecule has 2 heterocycles. The van der Waals surface area contributed by atoms with Crippen molar-refractivity contribution in [2.24, 2.45) is 0 Å². The lowest BCUT2D eigenvalue weighted by Gasteiger charge is -2.22. The van der Waals surface area contributed by atoms with Crippen LogP contribution in [0.3, 0.4) is 0 Å². The van der Waals surface area contributed by atoms with E-state index in [1.54, 1.807) is 6.20 Å². The number of aryl methyl sites for hydroxylation is 1. The van der Waals surface area contributed by atoms with Gasteiger partial charge < -0.3 is 10.0 Å². The van der Waals surface area contributed by atoms with Crippen LogP contribution in [-0.2, 0) is 16.4 Å². The van der Waals surface area contributed by atoms with E-state index in [4.69, 9.17) is 5.11 Å². The Morgan fingerprint density at radius 3 is 2.83 bits per heavy atom. The van der Waals surface area contributed by atoms with Gasteiger partial charge in [0.1, 0.15) is 5.82 Å². The van der Waals surface area contributed by atoms with Crippen molar-refractivity contribution in [3.63, 3.8) is 0 Å². The summed E-state index contributed by atoms with van der Waals surface area (Å²) in [6.07, 6.45) is 2.28. The largest absolute Gasteiger partial charge is 0.392 e. The third kappa shape index (κ3) is 3.00. The Labute approximate surface area is 107 Å². The summed E-state index contributed by atoms with van der Waals surface area (Å²) in [5, 5.41) is 9.04. The SMILES string of the molecule is Cc1cc(CO)cnc1N1CCCS(=O)(=O)CC1. The zero-order valence-electron chi connectivity index (χ0n) is 10.5. The van der Waals surface area contributed by atoms with Crippen molar-refractivity contribution in [2.75, 3.05) is 29.5 Å². The van der Waals surface area contributed by atoms with Gasteiger partial charge in [-0.2, -0.15) is 0 Å². The predicted molar refractivity (Wildman–Crippen MR) is 70.4 cm³/mol. The van der Waals surface area contributed by atoms with Crippen LogP contribution in [0, 0.1) is 6.92 Å². The van der Waals surface area contributed by atoms with E-state index >= 15 is 0 Å². The molecular formula is C12H18N2O3S. The number of anilines is 1. The molecule has 0 atom stereocenters. The first-order chi connectivity index (χ1) is 8.52. The van der Waals surface area contributed by atoms with E-state index < -0.39 is 9.84 Å². The molecule has 0 spiro atoms. The first-order valence-electron chi connectivity index (χ1n) is 6.03. The minimum atomic E-state index is -2.90. The Bertz CT molecular complexity index is 528. The second kappa shape index (κ2) is 5.24. The summed E-state index contributed by atoms with van der Waals surface area (Å²) in [7, 11) is -2.90. The maximum Gasteiger partial charge on any atom is 0.152 e. The minimum absolute atomic E-state index is 0.0253. The normalized spacial score (nSPS) is 19.6. The van der Waals surface area contributed by atoms with Gasteiger partial charge in [-0.1, -0.05) is 0 Å². The lowest BCUT2D eigenvalue weighted by atomic mass is 10.2. The van der Waals surface area contributed by atoms with Gasteiger partial charge in [0, 0.05) is 19.3 Å². The Morgan fingerprint density at radius 1 is 1.39 bits per heavy atom. The minimum Gasteiger partial charge on any atom is -0.392 e. The van der Waals surface area contributed by atoms with Gasteiger partial charge in [0.2, 0.25) is 0 Å². The van der Waals surface area contributed by atoms with E-state index in [-0.39, 0.29) is 18.1 Å². The topological polar surface area (TPSA) is 70.5 Å². The third-order valence-electron chi connectivity index (χ3n) is 3.14. The van der Waals surface area contributed by atoms with Crippen LogP contribution in [-0.4, -0.2) is 43.1 Å². The van der Waals surface area contributed by atoms with Gasteiger partial charge in [-0.3, -0.25) is 0 Å². The highest BCUT2D eigenvalue weighted by Crippen LogP contribution is 2.20. The summed E-state index contributed by atoms with van der Waals surface area (Å²) >= 11 is 0. The Hall–Kier alpha value is -1.14. The maximum atomic E-state index is 11.6. The number of rotatable bonds is 2. The fourth-order valence-electron chi connectivity index (χ4n) is 2.19. The molecule has 0 bridgehead atoms. The van der Waals surface area contributed by atoms with Gasteiger partial charge in [-0.15, -0.1) is 0 Å². The molecule has 5 nitrogen and oxygen atoms in total. The number of aliphatic hydroxyl groups is 1. The lowest BCUT2D eigenvalue weighted by molar-refractivity contribution is 0.281. The molecule has 1 N–H and O–H groups in total. The highest BCUT2D eigenvalue weighted by Gasteiger charge is 2.20. The maximum absolute atomic E-state index is 11.6. The summed E-state index contributed by atoms with van der Waals surface area (Å²) in [6.45, 7) is 3.11. The summed E-state index contributed by atoms with van der Waals surface area (Å²) in [4.78, 5) is 6.35. The van der Waals surface area contributed by atoms with Crippen LogP contribution >= 0.6 is 0 Å². The van der Waals surface area contributed by atoms with Crippen molar-refractivity contribution in [3.8, 4) is 0 Å². The molecule has 0 aliphatic carbocycles. The molecule has 0 radical (unpaired) electrons. The molecule has 18 heavy (non-hydrogen) atoms. The molecule has 1 aromatic heterocycles. The van der Waals surface area contributed by atoms with Crippen LogP contribution in [0.4, 0.5) is 5.82 Å². The molecular weight excluding hydrogens is 252 g/mol. The highest BCUT2D eigenvalue weighted by atomic mass is 32.2. The lowest BCUT2D eigenvalue weighted by Crippen LogP contribution is -2.28. The fourth-order valence-corrected chi connectivity index (χ4v) is 3.47. The molecule has 100 valence electrons. The second-order valence-corrected chi connectivity index (χ2v) is 6.94. The van der Waals surface area contributed by atoms with E-state index in [2.05, 4.69) is 4.98 Å². The summed E-state index contributed by atoms with van der Waals surface area (Å²) in [5.41, 5.74) is 1.75. The number of sulfone groups is 1. The molecule has 1 aliphatic heterocycles. The molecule has 1 aliphatic rings. The molecule has 0 unspecified atom stereocenters. The Morgan fingerprint density at radius 2 is 2.17 bits per heavy atom. The molecule has 0 aromatic carbocycles. The van der Waals surface area contributed by atoms with Crippen LogP contribution in [0.25, 0.3) is 0 Å². The molecule has 1 saturated heterocycles. The van der Waals surface area contributed by atoms with Gasteiger partial charge in [-0.25, -0.2) is 13.4 Å². The summed E-state index contributed by atoms with van der Waals surface area (Å²) in [6, 6.07) is 1.89. The molecule has 0 saturated carbocycles. The fraction of sp³-hybridized carbons (Fsp3) is 0.583. The predicted octanol–water partition coefficient (Wildman–Crippen LogP) is 0.507. The average Bonchev–Trinajstić information content (AvgIpc) is 2.50. The average molecular weight is 270 g/mol. The van der Waals surface area contributed by atoms with Crippen LogP contribution in [0.2, 0.25) is 0 Å². The van der Waals surface area contributed by atoms with Gasteiger partial charge >= 0.3 is 0 Å². The van der Waals surface area contributed by atoms with Crippen molar-refractivity contribution in [2.45, 2.75) is 20.0 Å². The van der Waals surface area contributed by atoms with Crippen LogP contribution in [0.5, 0.6) is 0 Å². The molecule has 1 aromatic rings. The zero-order chi connectivity index (χ0) is 13.2. The van der Waals surface area contributed by atoms with Crippen molar-refractivity contribution in [3.05, 3.63) is 23.4 Å². The first kappa shape index (κ1) is 13.3.